The van der Waals surface area contributed by atoms with Crippen molar-refractivity contribution < 1.29 is 9.18 Å². The maximum absolute atomic E-state index is 13.1. The molecule has 1 aliphatic carbocycles. The largest absolute Gasteiger partial charge is 0.345 e. The van der Waals surface area contributed by atoms with Crippen LogP contribution in [0.25, 0.3) is 0 Å². The van der Waals surface area contributed by atoms with Gasteiger partial charge >= 0.3 is 0 Å². The summed E-state index contributed by atoms with van der Waals surface area (Å²) in [6, 6.07) is 4.61. The number of amides is 1. The van der Waals surface area contributed by atoms with Crippen LogP contribution >= 0.6 is 0 Å². The molecule has 1 heterocycles. The Morgan fingerprint density at radius 2 is 2.14 bits per heavy atom. The first-order chi connectivity index (χ1) is 10.1. The number of aromatic nitrogens is 3. The second-order valence-electron chi connectivity index (χ2n) is 5.41. The number of carbonyl (C=O) groups is 1. The number of rotatable bonds is 4. The Morgan fingerprint density at radius 3 is 2.81 bits per heavy atom. The van der Waals surface area contributed by atoms with Crippen LogP contribution in [0.4, 0.5) is 4.39 Å². The summed E-state index contributed by atoms with van der Waals surface area (Å²) in [5, 5.41) is 11.0. The van der Waals surface area contributed by atoms with Gasteiger partial charge in [0.05, 0.1) is 6.54 Å². The van der Waals surface area contributed by atoms with Crippen molar-refractivity contribution in [2.75, 3.05) is 0 Å². The van der Waals surface area contributed by atoms with Crippen molar-refractivity contribution in [1.82, 2.24) is 20.1 Å². The lowest BCUT2D eigenvalue weighted by Crippen LogP contribution is -2.25. The van der Waals surface area contributed by atoms with Crippen LogP contribution < -0.4 is 5.32 Å². The zero-order valence-corrected chi connectivity index (χ0v) is 12.1. The van der Waals surface area contributed by atoms with E-state index in [0.717, 1.165) is 24.5 Å². The number of benzene rings is 1. The Kier molecular flexibility index (Phi) is 3.45. The minimum absolute atomic E-state index is 0.226. The average Bonchev–Trinajstić information content (AvgIpc) is 3.20. The fraction of sp³-hybridized carbons (Fsp3) is 0.400. The van der Waals surface area contributed by atoms with E-state index in [1.165, 1.54) is 18.2 Å². The second kappa shape index (κ2) is 5.27. The van der Waals surface area contributed by atoms with E-state index in [4.69, 9.17) is 0 Å². The van der Waals surface area contributed by atoms with Gasteiger partial charge in [-0.25, -0.2) is 4.39 Å². The third kappa shape index (κ3) is 2.79. The highest BCUT2D eigenvalue weighted by Crippen LogP contribution is 2.36. The molecule has 1 saturated carbocycles. The molecular formula is C15H17FN4O. The van der Waals surface area contributed by atoms with Gasteiger partial charge in [0.2, 0.25) is 0 Å². The fourth-order valence-electron chi connectivity index (χ4n) is 2.48. The van der Waals surface area contributed by atoms with Crippen molar-refractivity contribution >= 4 is 5.91 Å². The first-order valence-electron chi connectivity index (χ1n) is 7.01. The van der Waals surface area contributed by atoms with E-state index in [1.54, 1.807) is 6.92 Å². The topological polar surface area (TPSA) is 59.8 Å². The first-order valence-corrected chi connectivity index (χ1v) is 7.01. The smallest absolute Gasteiger partial charge is 0.251 e. The van der Waals surface area contributed by atoms with Gasteiger partial charge in [0, 0.05) is 11.6 Å². The van der Waals surface area contributed by atoms with Gasteiger partial charge in [0.1, 0.15) is 11.6 Å². The summed E-state index contributed by atoms with van der Waals surface area (Å²) in [6.45, 7) is 3.96. The molecule has 5 nitrogen and oxygen atoms in total. The molecular weight excluding hydrogens is 271 g/mol. The van der Waals surface area contributed by atoms with Gasteiger partial charge in [-0.1, -0.05) is 0 Å². The van der Waals surface area contributed by atoms with Gasteiger partial charge in [-0.2, -0.15) is 0 Å². The van der Waals surface area contributed by atoms with Crippen LogP contribution in [0.2, 0.25) is 0 Å². The zero-order chi connectivity index (χ0) is 15.0. The molecule has 2 aromatic rings. The van der Waals surface area contributed by atoms with Crippen LogP contribution in [-0.2, 0) is 6.54 Å². The lowest BCUT2D eigenvalue weighted by atomic mass is 10.1. The monoisotopic (exact) mass is 288 g/mol. The molecule has 6 heteroatoms. The Morgan fingerprint density at radius 1 is 1.38 bits per heavy atom. The standard InChI is InChI=1S/C15H17FN4O/c1-9-7-11(16)3-6-13(9)15(21)17-8-14-19-18-10(2)20(14)12-4-5-12/h3,6-7,12H,4-5,8H2,1-2H3,(H,17,21). The Labute approximate surface area is 122 Å². The molecule has 0 aliphatic heterocycles. The highest BCUT2D eigenvalue weighted by atomic mass is 19.1. The molecule has 1 aliphatic rings. The van der Waals surface area contributed by atoms with Gasteiger partial charge in [0.15, 0.2) is 5.82 Å². The number of halogens is 1. The number of hydrogen-bond donors (Lipinski definition) is 1. The van der Waals surface area contributed by atoms with Crippen LogP contribution in [0.5, 0.6) is 0 Å². The van der Waals surface area contributed by atoms with Crippen molar-refractivity contribution in [3.05, 3.63) is 46.8 Å². The van der Waals surface area contributed by atoms with Crippen LogP contribution in [0.3, 0.4) is 0 Å². The predicted molar refractivity (Wildman–Crippen MR) is 75.3 cm³/mol. The summed E-state index contributed by atoms with van der Waals surface area (Å²) < 4.78 is 15.1. The number of hydrogen-bond acceptors (Lipinski definition) is 3. The molecule has 21 heavy (non-hydrogen) atoms. The van der Waals surface area contributed by atoms with E-state index in [-0.39, 0.29) is 11.7 Å². The van der Waals surface area contributed by atoms with Crippen molar-refractivity contribution in [3.63, 3.8) is 0 Å². The molecule has 1 aromatic heterocycles. The third-order valence-electron chi connectivity index (χ3n) is 3.69. The highest BCUT2D eigenvalue weighted by molar-refractivity contribution is 5.95. The minimum atomic E-state index is -0.340. The lowest BCUT2D eigenvalue weighted by Gasteiger charge is -2.09. The molecule has 1 amide bonds. The van der Waals surface area contributed by atoms with Crippen molar-refractivity contribution in [3.8, 4) is 0 Å². The molecule has 0 unspecified atom stereocenters. The SMILES string of the molecule is Cc1cc(F)ccc1C(=O)NCc1nnc(C)n1C1CC1. The van der Waals surface area contributed by atoms with Crippen LogP contribution in [0, 0.1) is 19.7 Å². The Balaban J connectivity index is 1.71. The fourth-order valence-corrected chi connectivity index (χ4v) is 2.48. The summed E-state index contributed by atoms with van der Waals surface area (Å²) in [5.74, 6) is 1.08. The maximum atomic E-state index is 13.1. The number of carbonyl (C=O) groups excluding carboxylic acids is 1. The molecule has 1 aromatic carbocycles. The van der Waals surface area contributed by atoms with Crippen molar-refractivity contribution in [2.24, 2.45) is 0 Å². The van der Waals surface area contributed by atoms with Gasteiger partial charge < -0.3 is 9.88 Å². The van der Waals surface area contributed by atoms with Crippen LogP contribution in [-0.4, -0.2) is 20.7 Å². The summed E-state index contributed by atoms with van der Waals surface area (Å²) >= 11 is 0. The normalized spacial score (nSPS) is 14.2. The summed E-state index contributed by atoms with van der Waals surface area (Å²) in [5.41, 5.74) is 1.10. The second-order valence-corrected chi connectivity index (χ2v) is 5.41. The molecule has 0 radical (unpaired) electrons. The zero-order valence-electron chi connectivity index (χ0n) is 12.1. The summed E-state index contributed by atoms with van der Waals surface area (Å²) in [4.78, 5) is 12.2. The van der Waals surface area contributed by atoms with Crippen molar-refractivity contribution in [2.45, 2.75) is 39.3 Å². The minimum Gasteiger partial charge on any atom is -0.345 e. The van der Waals surface area contributed by atoms with Gasteiger partial charge in [-0.15, -0.1) is 10.2 Å². The molecule has 0 atom stereocenters. The van der Waals surface area contributed by atoms with Gasteiger partial charge in [0.25, 0.3) is 5.91 Å². The van der Waals surface area contributed by atoms with Gasteiger partial charge in [-0.05, 0) is 50.5 Å². The Bertz CT molecular complexity index is 691. The first kappa shape index (κ1) is 13.7. The quantitative estimate of drug-likeness (QED) is 0.939. The lowest BCUT2D eigenvalue weighted by molar-refractivity contribution is 0.0948. The molecule has 0 saturated heterocycles. The molecule has 0 spiro atoms. The van der Waals surface area contributed by atoms with E-state index in [1.807, 2.05) is 6.92 Å². The molecule has 110 valence electrons. The predicted octanol–water partition coefficient (Wildman–Crippen LogP) is 2.30. The van der Waals surface area contributed by atoms with Crippen LogP contribution in [0.1, 0.15) is 46.5 Å². The average molecular weight is 288 g/mol. The van der Waals surface area contributed by atoms with E-state index in [2.05, 4.69) is 20.1 Å². The molecule has 0 bridgehead atoms. The Hall–Kier alpha value is -2.24. The summed E-state index contributed by atoms with van der Waals surface area (Å²) in [6.07, 6.45) is 2.27. The van der Waals surface area contributed by atoms with Crippen LogP contribution in [0.15, 0.2) is 18.2 Å². The summed E-state index contributed by atoms with van der Waals surface area (Å²) in [7, 11) is 0. The third-order valence-corrected chi connectivity index (χ3v) is 3.69. The van der Waals surface area contributed by atoms with E-state index >= 15 is 0 Å². The van der Waals surface area contributed by atoms with Gasteiger partial charge in [-0.3, -0.25) is 4.79 Å². The number of aryl methyl sites for hydroxylation is 2. The number of nitrogens with zero attached hydrogens (tertiary/aromatic N) is 3. The van der Waals surface area contributed by atoms with Crippen molar-refractivity contribution in [1.29, 1.82) is 0 Å². The molecule has 1 fully saturated rings. The highest BCUT2D eigenvalue weighted by Gasteiger charge is 2.28. The molecule has 3 rings (SSSR count). The van der Waals surface area contributed by atoms with E-state index in [0.29, 0.717) is 23.7 Å². The van der Waals surface area contributed by atoms with E-state index < -0.39 is 0 Å². The maximum Gasteiger partial charge on any atom is 0.251 e. The number of nitrogens with one attached hydrogen (secondary N) is 1. The molecule has 1 N–H and O–H groups in total. The van der Waals surface area contributed by atoms with E-state index in [9.17, 15) is 9.18 Å².